The first-order valence-corrected chi connectivity index (χ1v) is 3.75. The van der Waals surface area contributed by atoms with Crippen molar-refractivity contribution in [3.8, 4) is 0 Å². The number of rotatable bonds is 8. The third-order valence-corrected chi connectivity index (χ3v) is 1.13. The Balaban J connectivity index is 2.69. The fourth-order valence-electron chi connectivity index (χ4n) is 0.580. The largest absolute Gasteiger partial charge is 0.382 e. The first kappa shape index (κ1) is 10.8. The highest BCUT2D eigenvalue weighted by atomic mass is 19.1. The van der Waals surface area contributed by atoms with Crippen LogP contribution in [-0.2, 0) is 9.47 Å². The lowest BCUT2D eigenvalue weighted by atomic mass is 10.6. The molecule has 0 radical (unpaired) electrons. The molecular formula is C7H16FNO2. The fourth-order valence-corrected chi connectivity index (χ4v) is 0.580. The van der Waals surface area contributed by atoms with Crippen LogP contribution in [0.1, 0.15) is 0 Å². The summed E-state index contributed by atoms with van der Waals surface area (Å²) in [5, 5.41) is 2.87. The number of halogens is 1. The van der Waals surface area contributed by atoms with Crippen molar-refractivity contribution >= 4 is 0 Å². The summed E-state index contributed by atoms with van der Waals surface area (Å²) in [5.41, 5.74) is 0. The molecule has 0 aliphatic rings. The van der Waals surface area contributed by atoms with E-state index in [4.69, 9.17) is 9.47 Å². The summed E-state index contributed by atoms with van der Waals surface area (Å²) in [4.78, 5) is 0. The zero-order chi connectivity index (χ0) is 8.36. The van der Waals surface area contributed by atoms with Gasteiger partial charge in [0.25, 0.3) is 0 Å². The molecule has 0 aliphatic heterocycles. The van der Waals surface area contributed by atoms with E-state index >= 15 is 0 Å². The first-order chi connectivity index (χ1) is 5.41. The molecule has 0 saturated heterocycles. The lowest BCUT2D eigenvalue weighted by molar-refractivity contribution is 0.0719. The third-order valence-electron chi connectivity index (χ3n) is 1.13. The molecule has 0 aromatic rings. The van der Waals surface area contributed by atoms with Crippen LogP contribution in [-0.4, -0.2) is 46.7 Å². The van der Waals surface area contributed by atoms with Gasteiger partial charge in [-0.15, -0.1) is 0 Å². The van der Waals surface area contributed by atoms with Crippen LogP contribution in [0.3, 0.4) is 0 Å². The lowest BCUT2D eigenvalue weighted by Crippen LogP contribution is -2.22. The highest BCUT2D eigenvalue weighted by Crippen LogP contribution is 1.74. The predicted molar refractivity (Wildman–Crippen MR) is 41.5 cm³/mol. The molecule has 4 heteroatoms. The number of hydrogen-bond acceptors (Lipinski definition) is 3. The van der Waals surface area contributed by atoms with Gasteiger partial charge in [0.1, 0.15) is 6.67 Å². The number of methoxy groups -OCH3 is 1. The van der Waals surface area contributed by atoms with Crippen LogP contribution in [0.5, 0.6) is 0 Å². The summed E-state index contributed by atoms with van der Waals surface area (Å²) in [6.45, 7) is 2.62. The number of ether oxygens (including phenoxy) is 2. The van der Waals surface area contributed by atoms with Crippen molar-refractivity contribution in [2.24, 2.45) is 0 Å². The van der Waals surface area contributed by atoms with Crippen LogP contribution in [0, 0.1) is 0 Å². The molecule has 0 spiro atoms. The van der Waals surface area contributed by atoms with Crippen molar-refractivity contribution in [3.05, 3.63) is 0 Å². The van der Waals surface area contributed by atoms with Crippen molar-refractivity contribution in [3.63, 3.8) is 0 Å². The van der Waals surface area contributed by atoms with Gasteiger partial charge in [0.05, 0.1) is 19.8 Å². The number of alkyl halides is 1. The molecule has 11 heavy (non-hydrogen) atoms. The van der Waals surface area contributed by atoms with Crippen LogP contribution in [0.4, 0.5) is 4.39 Å². The quantitative estimate of drug-likeness (QED) is 0.521. The summed E-state index contributed by atoms with van der Waals surface area (Å²) in [6, 6.07) is 0. The second-order valence-corrected chi connectivity index (χ2v) is 2.04. The van der Waals surface area contributed by atoms with Crippen molar-refractivity contribution in [1.82, 2.24) is 5.32 Å². The summed E-state index contributed by atoms with van der Waals surface area (Å²) in [5.74, 6) is 0. The van der Waals surface area contributed by atoms with Crippen LogP contribution in [0.15, 0.2) is 0 Å². The second kappa shape index (κ2) is 9.81. The van der Waals surface area contributed by atoms with Crippen LogP contribution in [0.2, 0.25) is 0 Å². The minimum atomic E-state index is -0.321. The average molecular weight is 165 g/mol. The lowest BCUT2D eigenvalue weighted by Gasteiger charge is -2.03. The van der Waals surface area contributed by atoms with E-state index in [1.165, 1.54) is 0 Å². The minimum absolute atomic E-state index is 0.321. The molecule has 0 atom stereocenters. The molecule has 0 unspecified atom stereocenters. The normalized spacial score (nSPS) is 10.4. The molecule has 0 aromatic heterocycles. The molecule has 1 N–H and O–H groups in total. The monoisotopic (exact) mass is 165 g/mol. The second-order valence-electron chi connectivity index (χ2n) is 2.04. The first-order valence-electron chi connectivity index (χ1n) is 3.75. The maximum absolute atomic E-state index is 11.5. The highest BCUT2D eigenvalue weighted by molar-refractivity contribution is 4.43. The molecule has 68 valence electrons. The zero-order valence-corrected chi connectivity index (χ0v) is 6.94. The van der Waals surface area contributed by atoms with Gasteiger partial charge in [0.15, 0.2) is 0 Å². The molecule has 0 saturated carbocycles. The number of hydrogen-bond donors (Lipinski definition) is 1. The van der Waals surface area contributed by atoms with Crippen molar-refractivity contribution < 1.29 is 13.9 Å². The Morgan fingerprint density at radius 3 is 2.64 bits per heavy atom. The zero-order valence-electron chi connectivity index (χ0n) is 6.94. The molecule has 0 fully saturated rings. The van der Waals surface area contributed by atoms with Gasteiger partial charge in [-0.25, -0.2) is 4.39 Å². The van der Waals surface area contributed by atoms with Gasteiger partial charge >= 0.3 is 0 Å². The maximum Gasteiger partial charge on any atom is 0.102 e. The van der Waals surface area contributed by atoms with Gasteiger partial charge in [-0.3, -0.25) is 0 Å². The standard InChI is InChI=1S/C7H16FNO2/c1-10-6-7-11-5-4-9-3-2-8/h9H,2-7H2,1H3. The van der Waals surface area contributed by atoms with Crippen molar-refractivity contribution in [2.45, 2.75) is 0 Å². The van der Waals surface area contributed by atoms with E-state index in [1.54, 1.807) is 7.11 Å². The Morgan fingerprint density at radius 2 is 2.00 bits per heavy atom. The van der Waals surface area contributed by atoms with Gasteiger partial charge in [0, 0.05) is 20.2 Å². The summed E-state index contributed by atoms with van der Waals surface area (Å²) < 4.78 is 21.4. The van der Waals surface area contributed by atoms with Gasteiger partial charge in [-0.2, -0.15) is 0 Å². The van der Waals surface area contributed by atoms with E-state index in [-0.39, 0.29) is 6.67 Å². The molecule has 0 amide bonds. The molecular weight excluding hydrogens is 149 g/mol. The Morgan fingerprint density at radius 1 is 1.18 bits per heavy atom. The SMILES string of the molecule is COCCOCCNCCF. The fraction of sp³-hybridized carbons (Fsp3) is 1.00. The van der Waals surface area contributed by atoms with Gasteiger partial charge in [-0.1, -0.05) is 0 Å². The van der Waals surface area contributed by atoms with Crippen molar-refractivity contribution in [1.29, 1.82) is 0 Å². The molecule has 0 bridgehead atoms. The third kappa shape index (κ3) is 9.81. The Labute approximate surface area is 66.9 Å². The highest BCUT2D eigenvalue weighted by Gasteiger charge is 1.87. The Bertz CT molecular complexity index is 65.5. The molecule has 0 rings (SSSR count). The van der Waals surface area contributed by atoms with E-state index in [0.29, 0.717) is 32.9 Å². The van der Waals surface area contributed by atoms with Gasteiger partial charge < -0.3 is 14.8 Å². The van der Waals surface area contributed by atoms with E-state index in [1.807, 2.05) is 0 Å². The minimum Gasteiger partial charge on any atom is -0.382 e. The summed E-state index contributed by atoms with van der Waals surface area (Å²) in [6.07, 6.45) is 0. The molecule has 0 aromatic carbocycles. The van der Waals surface area contributed by atoms with Gasteiger partial charge in [-0.05, 0) is 0 Å². The topological polar surface area (TPSA) is 30.5 Å². The smallest absolute Gasteiger partial charge is 0.102 e. The van der Waals surface area contributed by atoms with E-state index < -0.39 is 0 Å². The molecule has 3 nitrogen and oxygen atoms in total. The average Bonchev–Trinajstić information content (AvgIpc) is 2.03. The van der Waals surface area contributed by atoms with E-state index in [2.05, 4.69) is 5.32 Å². The number of nitrogens with one attached hydrogen (secondary N) is 1. The van der Waals surface area contributed by atoms with Gasteiger partial charge in [0.2, 0.25) is 0 Å². The van der Waals surface area contributed by atoms with Crippen LogP contribution in [0.25, 0.3) is 0 Å². The van der Waals surface area contributed by atoms with E-state index in [0.717, 1.165) is 0 Å². The molecule has 0 heterocycles. The predicted octanol–water partition coefficient (Wildman–Crippen LogP) is 0.209. The van der Waals surface area contributed by atoms with E-state index in [9.17, 15) is 4.39 Å². The molecule has 0 aliphatic carbocycles. The van der Waals surface area contributed by atoms with Crippen LogP contribution < -0.4 is 5.32 Å². The Kier molecular flexibility index (Phi) is 9.64. The summed E-state index contributed by atoms with van der Waals surface area (Å²) >= 11 is 0. The summed E-state index contributed by atoms with van der Waals surface area (Å²) in [7, 11) is 1.63. The van der Waals surface area contributed by atoms with Crippen molar-refractivity contribution in [2.75, 3.05) is 46.7 Å². The maximum atomic E-state index is 11.5. The van der Waals surface area contributed by atoms with Crippen LogP contribution >= 0.6 is 0 Å². The Hall–Kier alpha value is -0.190.